The average molecular weight is 338 g/mol. The van der Waals surface area contributed by atoms with Gasteiger partial charge in [-0.15, -0.1) is 5.10 Å². The molecule has 7 heteroatoms. The number of aromatic nitrogens is 3. The van der Waals surface area contributed by atoms with Gasteiger partial charge in [0.2, 0.25) is 5.95 Å². The molecule has 1 heterocycles. The highest BCUT2D eigenvalue weighted by Gasteiger charge is 2.14. The monoisotopic (exact) mass is 337 g/mol. The molecule has 1 aromatic carbocycles. The molecule has 0 saturated heterocycles. The van der Waals surface area contributed by atoms with Crippen LogP contribution in [0.15, 0.2) is 24.4 Å². The lowest BCUT2D eigenvalue weighted by Crippen LogP contribution is -2.23. The van der Waals surface area contributed by atoms with Crippen molar-refractivity contribution in [3.05, 3.63) is 34.4 Å². The highest BCUT2D eigenvalue weighted by molar-refractivity contribution is 6.35. The van der Waals surface area contributed by atoms with Gasteiger partial charge < -0.3 is 10.6 Å². The summed E-state index contributed by atoms with van der Waals surface area (Å²) >= 11 is 12.0. The first kappa shape index (κ1) is 15.3. The molecule has 0 aliphatic heterocycles. The molecule has 116 valence electrons. The first-order valence-electron chi connectivity index (χ1n) is 7.38. The van der Waals surface area contributed by atoms with E-state index in [1.54, 1.807) is 24.4 Å². The Morgan fingerprint density at radius 3 is 2.45 bits per heavy atom. The number of nitrogens with zero attached hydrogens (tertiary/aromatic N) is 3. The van der Waals surface area contributed by atoms with E-state index in [9.17, 15) is 0 Å². The van der Waals surface area contributed by atoms with E-state index in [0.29, 0.717) is 22.0 Å². The zero-order chi connectivity index (χ0) is 15.4. The predicted molar refractivity (Wildman–Crippen MR) is 90.1 cm³/mol. The van der Waals surface area contributed by atoms with E-state index >= 15 is 0 Å². The van der Waals surface area contributed by atoms with Gasteiger partial charge in [-0.2, -0.15) is 10.1 Å². The van der Waals surface area contributed by atoms with E-state index in [2.05, 4.69) is 25.8 Å². The van der Waals surface area contributed by atoms with Crippen molar-refractivity contribution in [1.82, 2.24) is 15.2 Å². The first-order valence-corrected chi connectivity index (χ1v) is 8.14. The number of nitrogens with one attached hydrogen (secondary N) is 2. The van der Waals surface area contributed by atoms with Gasteiger partial charge in [-0.25, -0.2) is 0 Å². The smallest absolute Gasteiger partial charge is 0.249 e. The molecule has 1 aromatic heterocycles. The van der Waals surface area contributed by atoms with Crippen molar-refractivity contribution in [3.63, 3.8) is 0 Å². The van der Waals surface area contributed by atoms with Gasteiger partial charge in [0.05, 0.1) is 6.20 Å². The largest absolute Gasteiger partial charge is 0.366 e. The molecular formula is C15H17Cl2N5. The summed E-state index contributed by atoms with van der Waals surface area (Å²) in [6.07, 6.45) is 7.85. The molecule has 1 aliphatic rings. The van der Waals surface area contributed by atoms with Crippen LogP contribution in [0.4, 0.5) is 17.5 Å². The van der Waals surface area contributed by atoms with Crippen LogP contribution >= 0.6 is 23.2 Å². The second-order valence-corrected chi connectivity index (χ2v) is 6.30. The summed E-state index contributed by atoms with van der Waals surface area (Å²) < 4.78 is 0. The zero-order valence-corrected chi connectivity index (χ0v) is 13.5. The van der Waals surface area contributed by atoms with E-state index in [0.717, 1.165) is 11.5 Å². The highest BCUT2D eigenvalue weighted by Crippen LogP contribution is 2.25. The lowest BCUT2D eigenvalue weighted by Gasteiger charge is -2.23. The lowest BCUT2D eigenvalue weighted by atomic mass is 9.96. The second kappa shape index (κ2) is 7.11. The van der Waals surface area contributed by atoms with Crippen molar-refractivity contribution in [2.24, 2.45) is 0 Å². The van der Waals surface area contributed by atoms with Crippen LogP contribution in [-0.4, -0.2) is 21.2 Å². The molecule has 1 fully saturated rings. The molecule has 1 saturated carbocycles. The van der Waals surface area contributed by atoms with Crippen LogP contribution in [0, 0.1) is 0 Å². The molecule has 22 heavy (non-hydrogen) atoms. The van der Waals surface area contributed by atoms with Gasteiger partial charge >= 0.3 is 0 Å². The van der Waals surface area contributed by atoms with Crippen LogP contribution in [-0.2, 0) is 0 Å². The van der Waals surface area contributed by atoms with Crippen molar-refractivity contribution in [2.45, 2.75) is 38.1 Å². The SMILES string of the molecule is Clc1cc(Cl)cc(Nc2nncc(NC3CCCCC3)n2)c1. The maximum absolute atomic E-state index is 5.98. The summed E-state index contributed by atoms with van der Waals surface area (Å²) in [6, 6.07) is 5.67. The van der Waals surface area contributed by atoms with Crippen LogP contribution in [0.3, 0.4) is 0 Å². The van der Waals surface area contributed by atoms with Crippen LogP contribution < -0.4 is 10.6 Å². The summed E-state index contributed by atoms with van der Waals surface area (Å²) in [5, 5.41) is 15.6. The van der Waals surface area contributed by atoms with Gasteiger partial charge in [0.1, 0.15) is 0 Å². The predicted octanol–water partition coefficient (Wildman–Crippen LogP) is 4.67. The Bertz CT molecular complexity index is 623. The Morgan fingerprint density at radius 1 is 1.00 bits per heavy atom. The fraction of sp³-hybridized carbons (Fsp3) is 0.400. The van der Waals surface area contributed by atoms with E-state index in [-0.39, 0.29) is 0 Å². The number of rotatable bonds is 4. The summed E-state index contributed by atoms with van der Waals surface area (Å²) in [7, 11) is 0. The molecule has 2 aromatic rings. The summed E-state index contributed by atoms with van der Waals surface area (Å²) in [5.74, 6) is 1.15. The van der Waals surface area contributed by atoms with Crippen molar-refractivity contribution in [3.8, 4) is 0 Å². The summed E-state index contributed by atoms with van der Waals surface area (Å²) in [5.41, 5.74) is 0.731. The van der Waals surface area contributed by atoms with E-state index in [1.807, 2.05) is 0 Å². The quantitative estimate of drug-likeness (QED) is 0.848. The minimum atomic E-state index is 0.416. The lowest BCUT2D eigenvalue weighted by molar-refractivity contribution is 0.461. The molecule has 3 rings (SSSR count). The number of hydrogen-bond acceptors (Lipinski definition) is 5. The third kappa shape index (κ3) is 4.21. The van der Waals surface area contributed by atoms with Crippen molar-refractivity contribution in [1.29, 1.82) is 0 Å². The van der Waals surface area contributed by atoms with Gasteiger partial charge in [-0.1, -0.05) is 42.5 Å². The zero-order valence-electron chi connectivity index (χ0n) is 12.0. The minimum absolute atomic E-state index is 0.416. The Morgan fingerprint density at radius 2 is 1.73 bits per heavy atom. The van der Waals surface area contributed by atoms with Gasteiger partial charge in [0, 0.05) is 21.8 Å². The molecule has 5 nitrogen and oxygen atoms in total. The molecule has 0 amide bonds. The summed E-state index contributed by atoms with van der Waals surface area (Å²) in [4.78, 5) is 4.44. The van der Waals surface area contributed by atoms with Crippen molar-refractivity contribution >= 4 is 40.7 Å². The van der Waals surface area contributed by atoms with Crippen LogP contribution in [0.1, 0.15) is 32.1 Å². The first-order chi connectivity index (χ1) is 10.7. The fourth-order valence-corrected chi connectivity index (χ4v) is 3.16. The Hall–Kier alpha value is -1.59. The molecule has 0 radical (unpaired) electrons. The maximum atomic E-state index is 5.98. The number of hydrogen-bond donors (Lipinski definition) is 2. The van der Waals surface area contributed by atoms with Crippen molar-refractivity contribution < 1.29 is 0 Å². The fourth-order valence-electron chi connectivity index (χ4n) is 2.64. The molecule has 2 N–H and O–H groups in total. The molecular weight excluding hydrogens is 321 g/mol. The average Bonchev–Trinajstić information content (AvgIpc) is 2.47. The summed E-state index contributed by atoms with van der Waals surface area (Å²) in [6.45, 7) is 0. The van der Waals surface area contributed by atoms with E-state index in [1.165, 1.54) is 32.1 Å². The molecule has 1 aliphatic carbocycles. The van der Waals surface area contributed by atoms with E-state index < -0.39 is 0 Å². The number of halogens is 2. The standard InChI is InChI=1S/C15H17Cl2N5/c16-10-6-11(17)8-13(7-10)20-15-21-14(9-18-22-15)19-12-4-2-1-3-5-12/h6-9,12H,1-5H2,(H2,19,20,21,22). The van der Waals surface area contributed by atoms with E-state index in [4.69, 9.17) is 23.2 Å². The second-order valence-electron chi connectivity index (χ2n) is 5.43. The minimum Gasteiger partial charge on any atom is -0.366 e. The van der Waals surface area contributed by atoms with Gasteiger partial charge in [-0.05, 0) is 31.0 Å². The van der Waals surface area contributed by atoms with Crippen LogP contribution in [0.5, 0.6) is 0 Å². The number of benzene rings is 1. The van der Waals surface area contributed by atoms with Gasteiger partial charge in [-0.3, -0.25) is 0 Å². The van der Waals surface area contributed by atoms with Crippen LogP contribution in [0.25, 0.3) is 0 Å². The topological polar surface area (TPSA) is 62.7 Å². The maximum Gasteiger partial charge on any atom is 0.249 e. The molecule has 0 spiro atoms. The highest BCUT2D eigenvalue weighted by atomic mass is 35.5. The third-order valence-electron chi connectivity index (χ3n) is 3.63. The Kier molecular flexibility index (Phi) is 4.95. The molecule has 0 unspecified atom stereocenters. The Balaban J connectivity index is 1.70. The third-order valence-corrected chi connectivity index (χ3v) is 4.07. The van der Waals surface area contributed by atoms with Gasteiger partial charge in [0.25, 0.3) is 0 Å². The molecule has 0 atom stereocenters. The van der Waals surface area contributed by atoms with Crippen LogP contribution in [0.2, 0.25) is 10.0 Å². The van der Waals surface area contributed by atoms with Gasteiger partial charge in [0.15, 0.2) is 5.82 Å². The molecule has 0 bridgehead atoms. The van der Waals surface area contributed by atoms with Crippen molar-refractivity contribution in [2.75, 3.05) is 10.6 Å². The number of anilines is 3. The Labute approximate surface area is 139 Å². The normalized spacial score (nSPS) is 15.5.